The van der Waals surface area contributed by atoms with Crippen LogP contribution in [0.1, 0.15) is 84.0 Å². The molecule has 0 aliphatic carbocycles. The first-order valence-corrected chi connectivity index (χ1v) is 8.67. The first kappa shape index (κ1) is 20.8. The Morgan fingerprint density at radius 2 is 1.50 bits per heavy atom. The van der Waals surface area contributed by atoms with Crippen molar-refractivity contribution in [2.24, 2.45) is 0 Å². The topological polar surface area (TPSA) is 74.6 Å². The van der Waals surface area contributed by atoms with Gasteiger partial charge in [0.25, 0.3) is 0 Å². The first-order valence-electron chi connectivity index (χ1n) is 8.67. The van der Waals surface area contributed by atoms with E-state index in [0.29, 0.717) is 12.8 Å². The van der Waals surface area contributed by atoms with Gasteiger partial charge in [0, 0.05) is 12.8 Å². The van der Waals surface area contributed by atoms with Crippen molar-refractivity contribution in [2.45, 2.75) is 90.1 Å². The van der Waals surface area contributed by atoms with E-state index in [1.54, 1.807) is 6.08 Å². The second kappa shape index (κ2) is 14.8. The number of unbranched alkanes of at least 4 members (excludes halogenated alkanes) is 7. The molecule has 1 atom stereocenters. The summed E-state index contributed by atoms with van der Waals surface area (Å²) in [6.45, 7) is 2.14. The number of carbonyl (C=O) groups is 2. The average molecular weight is 312 g/mol. The smallest absolute Gasteiger partial charge is 0.303 e. The third-order valence-corrected chi connectivity index (χ3v) is 3.67. The molecule has 0 bridgehead atoms. The Bertz CT molecular complexity index is 323. The maximum Gasteiger partial charge on any atom is 0.303 e. The van der Waals surface area contributed by atoms with Crippen LogP contribution in [0.4, 0.5) is 0 Å². The molecular weight excluding hydrogens is 280 g/mol. The Balaban J connectivity index is 3.51. The van der Waals surface area contributed by atoms with Gasteiger partial charge in [-0.3, -0.25) is 9.59 Å². The Kier molecular flexibility index (Phi) is 14.0. The lowest BCUT2D eigenvalue weighted by Gasteiger charge is -2.05. The van der Waals surface area contributed by atoms with Crippen molar-refractivity contribution in [3.63, 3.8) is 0 Å². The molecule has 0 aromatic heterocycles. The molecular formula is C18H32O4. The maximum atomic E-state index is 11.6. The fourth-order valence-electron chi connectivity index (χ4n) is 2.28. The average Bonchev–Trinajstić information content (AvgIpc) is 2.48. The van der Waals surface area contributed by atoms with E-state index in [-0.39, 0.29) is 12.2 Å². The summed E-state index contributed by atoms with van der Waals surface area (Å²) in [5, 5.41) is 18.3. The van der Waals surface area contributed by atoms with Crippen molar-refractivity contribution in [3.8, 4) is 0 Å². The number of aliphatic hydroxyl groups is 1. The lowest BCUT2D eigenvalue weighted by Crippen LogP contribution is -2.03. The number of carboxylic acids is 1. The molecule has 22 heavy (non-hydrogen) atoms. The second-order valence-electron chi connectivity index (χ2n) is 5.90. The van der Waals surface area contributed by atoms with Gasteiger partial charge in [-0.2, -0.15) is 0 Å². The molecule has 0 saturated carbocycles. The van der Waals surface area contributed by atoms with Gasteiger partial charge in [-0.05, 0) is 25.3 Å². The minimum atomic E-state index is -0.736. The van der Waals surface area contributed by atoms with Gasteiger partial charge >= 0.3 is 5.97 Å². The van der Waals surface area contributed by atoms with E-state index in [1.807, 2.05) is 0 Å². The number of rotatable bonds is 15. The van der Waals surface area contributed by atoms with Gasteiger partial charge in [0.05, 0.1) is 6.10 Å². The van der Waals surface area contributed by atoms with Crippen LogP contribution in [-0.2, 0) is 9.59 Å². The quantitative estimate of drug-likeness (QED) is 0.350. The molecule has 0 fully saturated rings. The number of aliphatic carboxylic acids is 1. The number of aliphatic hydroxyl groups excluding tert-OH is 1. The van der Waals surface area contributed by atoms with Gasteiger partial charge in [0.2, 0.25) is 0 Å². The molecule has 4 nitrogen and oxygen atoms in total. The minimum Gasteiger partial charge on any atom is -0.481 e. The highest BCUT2D eigenvalue weighted by atomic mass is 16.4. The van der Waals surface area contributed by atoms with Gasteiger partial charge in [0.1, 0.15) is 0 Å². The zero-order valence-corrected chi connectivity index (χ0v) is 13.9. The number of ketones is 1. The lowest BCUT2D eigenvalue weighted by atomic mass is 10.1. The van der Waals surface area contributed by atoms with E-state index in [1.165, 1.54) is 18.9 Å². The van der Waals surface area contributed by atoms with E-state index in [9.17, 15) is 14.7 Å². The summed E-state index contributed by atoms with van der Waals surface area (Å²) < 4.78 is 0. The van der Waals surface area contributed by atoms with Crippen LogP contribution >= 0.6 is 0 Å². The van der Waals surface area contributed by atoms with Crippen molar-refractivity contribution in [3.05, 3.63) is 12.2 Å². The molecule has 0 aliphatic heterocycles. The van der Waals surface area contributed by atoms with Crippen LogP contribution in [-0.4, -0.2) is 28.1 Å². The van der Waals surface area contributed by atoms with E-state index in [2.05, 4.69) is 6.92 Å². The predicted molar refractivity (Wildman–Crippen MR) is 88.9 cm³/mol. The highest BCUT2D eigenvalue weighted by Gasteiger charge is 2.02. The highest BCUT2D eigenvalue weighted by molar-refractivity contribution is 5.89. The molecule has 0 amide bonds. The molecule has 0 radical (unpaired) electrons. The summed E-state index contributed by atoms with van der Waals surface area (Å²) in [5.74, 6) is -0.635. The zero-order chi connectivity index (χ0) is 16.6. The van der Waals surface area contributed by atoms with Gasteiger partial charge < -0.3 is 10.2 Å². The SMILES string of the molecule is CCCCCCC(=O)C=CC(O)CCCCCCCC(=O)O. The number of carbonyl (C=O) groups excluding carboxylic acids is 1. The first-order chi connectivity index (χ1) is 10.6. The van der Waals surface area contributed by atoms with E-state index in [4.69, 9.17) is 5.11 Å². The van der Waals surface area contributed by atoms with Gasteiger partial charge in [-0.25, -0.2) is 0 Å². The molecule has 0 aromatic rings. The predicted octanol–water partition coefficient (Wildman–Crippen LogP) is 4.26. The molecule has 0 heterocycles. The van der Waals surface area contributed by atoms with E-state index in [0.717, 1.165) is 44.9 Å². The molecule has 2 N–H and O–H groups in total. The fraction of sp³-hybridized carbons (Fsp3) is 0.778. The van der Waals surface area contributed by atoms with Crippen LogP contribution in [0.5, 0.6) is 0 Å². The Labute approximate surface area is 134 Å². The normalized spacial score (nSPS) is 12.6. The number of hydrogen-bond donors (Lipinski definition) is 2. The Hall–Kier alpha value is -1.16. The summed E-state index contributed by atoms with van der Waals surface area (Å²) in [5.41, 5.74) is 0. The van der Waals surface area contributed by atoms with Crippen LogP contribution < -0.4 is 0 Å². The standard InChI is InChI=1S/C18H32O4/c1-2-3-4-8-11-16(19)14-15-17(20)12-9-6-5-7-10-13-18(21)22/h14-15,17,20H,2-13H2,1H3,(H,21,22). The van der Waals surface area contributed by atoms with Crippen LogP contribution in [0.15, 0.2) is 12.2 Å². The summed E-state index contributed by atoms with van der Waals surface area (Å²) in [6, 6.07) is 0. The van der Waals surface area contributed by atoms with Crippen LogP contribution in [0.2, 0.25) is 0 Å². The third-order valence-electron chi connectivity index (χ3n) is 3.67. The number of allylic oxidation sites excluding steroid dienone is 1. The van der Waals surface area contributed by atoms with Crippen molar-refractivity contribution < 1.29 is 19.8 Å². The molecule has 0 rings (SSSR count). The second-order valence-corrected chi connectivity index (χ2v) is 5.90. The van der Waals surface area contributed by atoms with Gasteiger partial charge in [-0.1, -0.05) is 57.9 Å². The fourth-order valence-corrected chi connectivity index (χ4v) is 2.28. The van der Waals surface area contributed by atoms with Gasteiger partial charge in [0.15, 0.2) is 5.78 Å². The minimum absolute atomic E-state index is 0.101. The van der Waals surface area contributed by atoms with Crippen molar-refractivity contribution in [1.29, 1.82) is 0 Å². The number of carboxylic acid groups (broad SMARTS) is 1. The molecule has 4 heteroatoms. The molecule has 1 unspecified atom stereocenters. The molecule has 0 aliphatic rings. The summed E-state index contributed by atoms with van der Waals surface area (Å²) in [7, 11) is 0. The molecule has 128 valence electrons. The van der Waals surface area contributed by atoms with E-state index < -0.39 is 12.1 Å². The van der Waals surface area contributed by atoms with E-state index >= 15 is 0 Å². The van der Waals surface area contributed by atoms with Crippen LogP contribution in [0.3, 0.4) is 0 Å². The molecule has 0 spiro atoms. The highest BCUT2D eigenvalue weighted by Crippen LogP contribution is 2.10. The number of hydrogen-bond acceptors (Lipinski definition) is 3. The summed E-state index contributed by atoms with van der Waals surface area (Å²) >= 11 is 0. The van der Waals surface area contributed by atoms with Crippen molar-refractivity contribution >= 4 is 11.8 Å². The largest absolute Gasteiger partial charge is 0.481 e. The summed E-state index contributed by atoms with van der Waals surface area (Å²) in [6.07, 6.45) is 13.0. The van der Waals surface area contributed by atoms with Crippen LogP contribution in [0, 0.1) is 0 Å². The van der Waals surface area contributed by atoms with Crippen LogP contribution in [0.25, 0.3) is 0 Å². The van der Waals surface area contributed by atoms with Crippen molar-refractivity contribution in [1.82, 2.24) is 0 Å². The zero-order valence-electron chi connectivity index (χ0n) is 13.9. The van der Waals surface area contributed by atoms with Crippen molar-refractivity contribution in [2.75, 3.05) is 0 Å². The Morgan fingerprint density at radius 3 is 2.18 bits per heavy atom. The molecule has 0 saturated heterocycles. The lowest BCUT2D eigenvalue weighted by molar-refractivity contribution is -0.137. The monoisotopic (exact) mass is 312 g/mol. The Morgan fingerprint density at radius 1 is 0.909 bits per heavy atom. The summed E-state index contributed by atoms with van der Waals surface area (Å²) in [4.78, 5) is 21.9. The molecule has 0 aromatic carbocycles. The maximum absolute atomic E-state index is 11.6. The third kappa shape index (κ3) is 15.2. The van der Waals surface area contributed by atoms with Gasteiger partial charge in [-0.15, -0.1) is 0 Å².